The molecule has 2 N–H and O–H groups in total. The van der Waals surface area contributed by atoms with Crippen LogP contribution in [0.1, 0.15) is 12.8 Å². The number of nitrogens with one attached hydrogen (secondary N) is 2. The van der Waals surface area contributed by atoms with Gasteiger partial charge in [-0.2, -0.15) is 28.2 Å². The Balaban J connectivity index is 1.48. The molecular weight excluding hydrogens is 527 g/mol. The van der Waals surface area contributed by atoms with Crippen molar-refractivity contribution in [2.75, 3.05) is 39.0 Å². The van der Waals surface area contributed by atoms with Crippen LogP contribution in [-0.2, 0) is 19.6 Å². The highest BCUT2D eigenvalue weighted by Gasteiger charge is 2.45. The summed E-state index contributed by atoms with van der Waals surface area (Å²) >= 11 is 0.895. The number of nitrogens with zero attached hydrogens (tertiary/aromatic N) is 3. The van der Waals surface area contributed by atoms with Gasteiger partial charge >= 0.3 is 12.1 Å². The van der Waals surface area contributed by atoms with E-state index in [1.165, 1.54) is 28.4 Å². The maximum atomic E-state index is 12.9. The van der Waals surface area contributed by atoms with E-state index in [-0.39, 0.29) is 42.0 Å². The minimum absolute atomic E-state index is 0.00252. The van der Waals surface area contributed by atoms with E-state index in [0.717, 1.165) is 11.8 Å². The SMILES string of the molecule is COc1ccc(S(=O)(=O)N2CCC([NH+]([O-])NCCN3C(C#N)CSC3OC(=O)C(F)(F)F)CC2)cc1. The maximum absolute atomic E-state index is 12.9. The number of methoxy groups -OCH3 is 1. The van der Waals surface area contributed by atoms with Crippen molar-refractivity contribution in [2.45, 2.75) is 41.6 Å². The Labute approximate surface area is 210 Å². The lowest BCUT2D eigenvalue weighted by atomic mass is 10.1. The highest BCUT2D eigenvalue weighted by Crippen LogP contribution is 2.31. The summed E-state index contributed by atoms with van der Waals surface area (Å²) in [5.74, 6) is -1.66. The molecule has 2 aliphatic rings. The minimum atomic E-state index is -5.15. The van der Waals surface area contributed by atoms with Gasteiger partial charge in [0, 0.05) is 38.2 Å². The zero-order valence-electron chi connectivity index (χ0n) is 19.2. The second-order valence-corrected chi connectivity index (χ2v) is 11.1. The summed E-state index contributed by atoms with van der Waals surface area (Å²) < 4.78 is 74.1. The number of piperidine rings is 1. The Morgan fingerprint density at radius 2 is 1.94 bits per heavy atom. The number of halogens is 3. The van der Waals surface area contributed by atoms with Crippen molar-refractivity contribution in [3.05, 3.63) is 29.5 Å². The number of ether oxygens (including phenoxy) is 2. The zero-order chi connectivity index (χ0) is 26.5. The molecule has 0 aliphatic carbocycles. The number of thioether (sulfide) groups is 1. The molecule has 0 amide bonds. The second kappa shape index (κ2) is 11.9. The summed E-state index contributed by atoms with van der Waals surface area (Å²) in [4.78, 5) is 12.6. The van der Waals surface area contributed by atoms with Crippen LogP contribution in [0.15, 0.2) is 29.2 Å². The van der Waals surface area contributed by atoms with Crippen LogP contribution in [0.3, 0.4) is 0 Å². The van der Waals surface area contributed by atoms with Gasteiger partial charge < -0.3 is 14.7 Å². The average Bonchev–Trinajstić information content (AvgIpc) is 3.24. The van der Waals surface area contributed by atoms with Crippen LogP contribution in [0.25, 0.3) is 0 Å². The second-order valence-electron chi connectivity index (χ2n) is 8.07. The number of benzene rings is 1. The van der Waals surface area contributed by atoms with E-state index in [2.05, 4.69) is 10.2 Å². The third-order valence-electron chi connectivity index (χ3n) is 5.85. The standard InChI is InChI=1S/C20H26F3N5O6S2/c1-33-16-2-4-17(5-3-16)36(31,32)26-9-6-14(7-10-26)28(30)25-8-11-27-15(12-24)13-35-19(27)34-18(29)20(21,22)23/h2-5,14-15,19,25,28H,6-11,13H2,1H3. The van der Waals surface area contributed by atoms with Crippen molar-refractivity contribution >= 4 is 27.8 Å². The van der Waals surface area contributed by atoms with Gasteiger partial charge in [-0.05, 0) is 24.3 Å². The van der Waals surface area contributed by atoms with E-state index in [1.807, 2.05) is 6.07 Å². The van der Waals surface area contributed by atoms with E-state index in [9.17, 15) is 36.9 Å². The molecule has 0 aromatic heterocycles. The van der Waals surface area contributed by atoms with Crippen molar-refractivity contribution in [3.63, 3.8) is 0 Å². The number of quaternary nitrogens is 1. The number of sulfonamides is 1. The summed E-state index contributed by atoms with van der Waals surface area (Å²) in [6, 6.07) is 6.75. The normalized spacial score (nSPS) is 23.2. The van der Waals surface area contributed by atoms with Gasteiger partial charge in [0.1, 0.15) is 17.8 Å². The van der Waals surface area contributed by atoms with Crippen molar-refractivity contribution in [1.82, 2.24) is 14.6 Å². The number of hydrogen-bond donors (Lipinski definition) is 2. The molecule has 2 heterocycles. The van der Waals surface area contributed by atoms with Crippen molar-refractivity contribution in [2.24, 2.45) is 0 Å². The topological polar surface area (TPSA) is 139 Å². The van der Waals surface area contributed by atoms with E-state index < -0.39 is 39.8 Å². The van der Waals surface area contributed by atoms with Crippen molar-refractivity contribution in [3.8, 4) is 11.8 Å². The minimum Gasteiger partial charge on any atom is -0.613 e. The monoisotopic (exact) mass is 553 g/mol. The van der Waals surface area contributed by atoms with E-state index in [0.29, 0.717) is 18.6 Å². The van der Waals surface area contributed by atoms with Gasteiger partial charge in [0.2, 0.25) is 15.6 Å². The fourth-order valence-corrected chi connectivity index (χ4v) is 6.53. The van der Waals surface area contributed by atoms with Crippen molar-refractivity contribution < 1.29 is 41.0 Å². The zero-order valence-corrected chi connectivity index (χ0v) is 20.9. The Morgan fingerprint density at radius 3 is 2.50 bits per heavy atom. The molecule has 1 aromatic rings. The highest BCUT2D eigenvalue weighted by atomic mass is 32.2. The summed E-state index contributed by atoms with van der Waals surface area (Å²) in [5, 5.41) is 21.5. The molecule has 0 radical (unpaired) electrons. The molecular formula is C20H26F3N5O6S2. The Morgan fingerprint density at radius 1 is 1.31 bits per heavy atom. The molecule has 3 rings (SSSR count). The first-order valence-corrected chi connectivity index (χ1v) is 13.4. The molecule has 200 valence electrons. The third-order valence-corrected chi connectivity index (χ3v) is 8.92. The van der Waals surface area contributed by atoms with E-state index >= 15 is 0 Å². The van der Waals surface area contributed by atoms with Crippen molar-refractivity contribution in [1.29, 1.82) is 5.26 Å². The predicted molar refractivity (Wildman–Crippen MR) is 122 cm³/mol. The first-order chi connectivity index (χ1) is 17.0. The number of esters is 1. The smallest absolute Gasteiger partial charge is 0.491 e. The first-order valence-electron chi connectivity index (χ1n) is 10.9. The van der Waals surface area contributed by atoms with Gasteiger partial charge in [0.25, 0.3) is 0 Å². The average molecular weight is 554 g/mol. The molecule has 2 aliphatic heterocycles. The quantitative estimate of drug-likeness (QED) is 0.319. The third kappa shape index (κ3) is 6.79. The van der Waals surface area contributed by atoms with Crippen LogP contribution >= 0.6 is 11.8 Å². The predicted octanol–water partition coefficient (Wildman–Crippen LogP) is 0.0657. The van der Waals surface area contributed by atoms with Gasteiger partial charge in [-0.3, -0.25) is 5.17 Å². The largest absolute Gasteiger partial charge is 0.613 e. The summed E-state index contributed by atoms with van der Waals surface area (Å²) in [6.45, 7) is 0.321. The summed E-state index contributed by atoms with van der Waals surface area (Å²) in [6.07, 6.45) is -4.55. The number of nitriles is 1. The number of carbonyl (C=O) groups excluding carboxylic acids is 1. The van der Waals surface area contributed by atoms with E-state index in [1.54, 1.807) is 12.1 Å². The van der Waals surface area contributed by atoms with Gasteiger partial charge in [-0.15, -0.1) is 0 Å². The Kier molecular flexibility index (Phi) is 9.44. The van der Waals surface area contributed by atoms with Gasteiger partial charge in [0.05, 0.1) is 24.6 Å². The Hall–Kier alpha value is -2.13. The molecule has 2 saturated heterocycles. The number of rotatable bonds is 9. The van der Waals surface area contributed by atoms with Gasteiger partial charge in [0.15, 0.2) is 0 Å². The molecule has 0 spiro atoms. The highest BCUT2D eigenvalue weighted by molar-refractivity contribution is 8.00. The lowest BCUT2D eigenvalue weighted by Crippen LogP contribution is -3.18. The molecule has 1 aromatic carbocycles. The van der Waals surface area contributed by atoms with Crippen LogP contribution in [-0.4, -0.2) is 86.5 Å². The first kappa shape index (κ1) is 28.4. The lowest BCUT2D eigenvalue weighted by Gasteiger charge is -2.37. The molecule has 16 heteroatoms. The lowest BCUT2D eigenvalue weighted by molar-refractivity contribution is -0.922. The van der Waals surface area contributed by atoms with Crippen LogP contribution in [0, 0.1) is 16.5 Å². The number of carbonyl (C=O) groups is 1. The molecule has 11 nitrogen and oxygen atoms in total. The van der Waals surface area contributed by atoms with Gasteiger partial charge in [-0.25, -0.2) is 18.1 Å². The molecule has 0 bridgehead atoms. The molecule has 0 saturated carbocycles. The number of alkyl halides is 3. The maximum Gasteiger partial charge on any atom is 0.491 e. The number of hydroxylamine groups is 1. The Bertz CT molecular complexity index is 1050. The van der Waals surface area contributed by atoms with Crippen LogP contribution < -0.4 is 15.3 Å². The van der Waals surface area contributed by atoms with E-state index in [4.69, 9.17) is 4.74 Å². The molecule has 3 atom stereocenters. The fourth-order valence-electron chi connectivity index (χ4n) is 3.85. The van der Waals surface area contributed by atoms with Crippen LogP contribution in [0.5, 0.6) is 5.75 Å². The molecule has 3 unspecified atom stereocenters. The van der Waals surface area contributed by atoms with Crippen LogP contribution in [0.2, 0.25) is 0 Å². The molecule has 2 fully saturated rings. The van der Waals surface area contributed by atoms with Crippen LogP contribution in [0.4, 0.5) is 13.2 Å². The molecule has 36 heavy (non-hydrogen) atoms. The summed E-state index contributed by atoms with van der Waals surface area (Å²) in [5.41, 5.74) is 1.40. The number of hydrogen-bond acceptors (Lipinski definition) is 10. The summed E-state index contributed by atoms with van der Waals surface area (Å²) in [7, 11) is -2.24. The van der Waals surface area contributed by atoms with Gasteiger partial charge in [-0.1, -0.05) is 11.8 Å². The fraction of sp³-hybridized carbons (Fsp3) is 0.600.